The van der Waals surface area contributed by atoms with Crippen LogP contribution in [0.15, 0.2) is 12.4 Å². The van der Waals surface area contributed by atoms with Crippen molar-refractivity contribution in [3.63, 3.8) is 0 Å². The SMILES string of the molecule is C[C@@H](c1nnnn1C)N1CCC(CNC(=O)c2cnn(C)c2)CC1. The van der Waals surface area contributed by atoms with E-state index in [1.165, 1.54) is 0 Å². The summed E-state index contributed by atoms with van der Waals surface area (Å²) in [5, 5.41) is 18.8. The topological polar surface area (TPSA) is 93.8 Å². The van der Waals surface area contributed by atoms with E-state index in [2.05, 4.69) is 37.8 Å². The van der Waals surface area contributed by atoms with Crippen LogP contribution in [0.1, 0.15) is 42.0 Å². The Morgan fingerprint density at radius 1 is 1.38 bits per heavy atom. The second-order valence-corrected chi connectivity index (χ2v) is 6.43. The smallest absolute Gasteiger partial charge is 0.254 e. The number of hydrogen-bond donors (Lipinski definition) is 1. The van der Waals surface area contributed by atoms with Gasteiger partial charge in [0.1, 0.15) is 0 Å². The van der Waals surface area contributed by atoms with E-state index in [0.29, 0.717) is 18.0 Å². The molecular formula is C15H24N8O. The van der Waals surface area contributed by atoms with Crippen LogP contribution in [0, 0.1) is 5.92 Å². The normalized spacial score (nSPS) is 17.8. The Bertz CT molecular complexity index is 685. The van der Waals surface area contributed by atoms with Gasteiger partial charge in [-0.15, -0.1) is 5.10 Å². The van der Waals surface area contributed by atoms with Gasteiger partial charge in [0.25, 0.3) is 5.91 Å². The molecule has 2 aromatic rings. The Morgan fingerprint density at radius 3 is 2.71 bits per heavy atom. The van der Waals surface area contributed by atoms with Crippen molar-refractivity contribution in [2.45, 2.75) is 25.8 Å². The van der Waals surface area contributed by atoms with Crippen molar-refractivity contribution >= 4 is 5.91 Å². The first-order chi connectivity index (χ1) is 11.5. The third-order valence-electron chi connectivity index (χ3n) is 4.74. The first-order valence-corrected chi connectivity index (χ1v) is 8.27. The predicted molar refractivity (Wildman–Crippen MR) is 87.1 cm³/mol. The molecule has 1 N–H and O–H groups in total. The minimum atomic E-state index is -0.0518. The average Bonchev–Trinajstić information content (AvgIpc) is 3.21. The molecule has 0 saturated carbocycles. The fourth-order valence-corrected chi connectivity index (χ4v) is 3.18. The maximum atomic E-state index is 12.1. The van der Waals surface area contributed by atoms with Crippen LogP contribution in [0.5, 0.6) is 0 Å². The third-order valence-corrected chi connectivity index (χ3v) is 4.74. The largest absolute Gasteiger partial charge is 0.352 e. The summed E-state index contributed by atoms with van der Waals surface area (Å²) < 4.78 is 3.36. The molecule has 0 unspecified atom stereocenters. The van der Waals surface area contributed by atoms with E-state index in [4.69, 9.17) is 0 Å². The minimum Gasteiger partial charge on any atom is -0.352 e. The van der Waals surface area contributed by atoms with E-state index < -0.39 is 0 Å². The third kappa shape index (κ3) is 3.61. The van der Waals surface area contributed by atoms with Crippen LogP contribution in [0.3, 0.4) is 0 Å². The summed E-state index contributed by atoms with van der Waals surface area (Å²) in [4.78, 5) is 14.5. The summed E-state index contributed by atoms with van der Waals surface area (Å²) in [7, 11) is 3.67. The number of carbonyl (C=O) groups is 1. The minimum absolute atomic E-state index is 0.0518. The summed E-state index contributed by atoms with van der Waals surface area (Å²) in [5.74, 6) is 1.34. The molecule has 1 aliphatic heterocycles. The van der Waals surface area contributed by atoms with Crippen LogP contribution < -0.4 is 5.32 Å². The number of tetrazole rings is 1. The molecule has 1 saturated heterocycles. The van der Waals surface area contributed by atoms with Gasteiger partial charge in [-0.2, -0.15) is 5.10 Å². The lowest BCUT2D eigenvalue weighted by molar-refractivity contribution is 0.0924. The van der Waals surface area contributed by atoms with Crippen molar-refractivity contribution in [2.75, 3.05) is 19.6 Å². The van der Waals surface area contributed by atoms with Gasteiger partial charge >= 0.3 is 0 Å². The van der Waals surface area contributed by atoms with Crippen molar-refractivity contribution in [3.8, 4) is 0 Å². The molecule has 130 valence electrons. The highest BCUT2D eigenvalue weighted by atomic mass is 16.1. The highest BCUT2D eigenvalue weighted by Crippen LogP contribution is 2.24. The predicted octanol–water partition coefficient (Wildman–Crippen LogP) is 0.147. The standard InChI is InChI=1S/C15H24N8O/c1-11(14-18-19-20-22(14)3)23-6-4-12(5-7-23)8-16-15(24)13-9-17-21(2)10-13/h9-12H,4-8H2,1-3H3,(H,16,24)/t11-/m0/s1. The molecule has 1 aliphatic rings. The fraction of sp³-hybridized carbons (Fsp3) is 0.667. The molecule has 1 amide bonds. The first kappa shape index (κ1) is 16.6. The highest BCUT2D eigenvalue weighted by Gasteiger charge is 2.26. The van der Waals surface area contributed by atoms with Crippen LogP contribution in [-0.4, -0.2) is 60.4 Å². The molecule has 2 aromatic heterocycles. The van der Waals surface area contributed by atoms with Gasteiger partial charge in [-0.05, 0) is 49.2 Å². The van der Waals surface area contributed by atoms with E-state index in [9.17, 15) is 4.79 Å². The zero-order valence-electron chi connectivity index (χ0n) is 14.4. The number of aromatic nitrogens is 6. The van der Waals surface area contributed by atoms with E-state index in [0.717, 1.165) is 31.8 Å². The summed E-state index contributed by atoms with van der Waals surface area (Å²) in [6, 6.07) is 0.205. The first-order valence-electron chi connectivity index (χ1n) is 8.27. The molecule has 3 heterocycles. The Labute approximate surface area is 141 Å². The number of nitrogens with one attached hydrogen (secondary N) is 1. The van der Waals surface area contributed by atoms with Gasteiger partial charge in [-0.3, -0.25) is 14.4 Å². The molecule has 0 bridgehead atoms. The summed E-state index contributed by atoms with van der Waals surface area (Å²) in [6.07, 6.45) is 5.44. The van der Waals surface area contributed by atoms with E-state index >= 15 is 0 Å². The number of aryl methyl sites for hydroxylation is 2. The molecule has 0 aromatic carbocycles. The summed E-state index contributed by atoms with van der Waals surface area (Å²) in [6.45, 7) is 4.82. The van der Waals surface area contributed by atoms with Gasteiger partial charge in [0.2, 0.25) is 0 Å². The molecular weight excluding hydrogens is 308 g/mol. The van der Waals surface area contributed by atoms with Crippen molar-refractivity contribution in [1.29, 1.82) is 0 Å². The lowest BCUT2D eigenvalue weighted by Gasteiger charge is -2.35. The lowest BCUT2D eigenvalue weighted by atomic mass is 9.95. The number of rotatable bonds is 5. The second kappa shape index (κ2) is 7.08. The number of amides is 1. The monoisotopic (exact) mass is 332 g/mol. The Balaban J connectivity index is 1.45. The Hall–Kier alpha value is -2.29. The molecule has 9 nitrogen and oxygen atoms in total. The van der Waals surface area contributed by atoms with Crippen LogP contribution in [-0.2, 0) is 14.1 Å². The van der Waals surface area contributed by atoms with Gasteiger partial charge in [0, 0.05) is 26.8 Å². The van der Waals surface area contributed by atoms with Crippen molar-refractivity contribution in [1.82, 2.24) is 40.2 Å². The van der Waals surface area contributed by atoms with Crippen LogP contribution in [0.4, 0.5) is 0 Å². The van der Waals surface area contributed by atoms with Crippen LogP contribution in [0.25, 0.3) is 0 Å². The van der Waals surface area contributed by atoms with Crippen molar-refractivity contribution in [2.24, 2.45) is 20.0 Å². The molecule has 24 heavy (non-hydrogen) atoms. The molecule has 0 radical (unpaired) electrons. The number of piperidine rings is 1. The number of hydrogen-bond acceptors (Lipinski definition) is 6. The van der Waals surface area contributed by atoms with E-state index in [-0.39, 0.29) is 11.9 Å². The average molecular weight is 332 g/mol. The Kier molecular flexibility index (Phi) is 4.89. The maximum Gasteiger partial charge on any atom is 0.254 e. The zero-order valence-corrected chi connectivity index (χ0v) is 14.4. The summed E-state index contributed by atoms with van der Waals surface area (Å²) >= 11 is 0. The number of likely N-dealkylation sites (tertiary alicyclic amines) is 1. The maximum absolute atomic E-state index is 12.1. The zero-order chi connectivity index (χ0) is 17.1. The molecule has 1 fully saturated rings. The van der Waals surface area contributed by atoms with Crippen molar-refractivity contribution < 1.29 is 4.79 Å². The number of carbonyl (C=O) groups excluding carboxylic acids is 1. The molecule has 0 aliphatic carbocycles. The fourth-order valence-electron chi connectivity index (χ4n) is 3.18. The van der Waals surface area contributed by atoms with Crippen LogP contribution in [0.2, 0.25) is 0 Å². The van der Waals surface area contributed by atoms with Gasteiger partial charge in [0.15, 0.2) is 5.82 Å². The Morgan fingerprint density at radius 2 is 2.12 bits per heavy atom. The lowest BCUT2D eigenvalue weighted by Crippen LogP contribution is -2.40. The van der Waals surface area contributed by atoms with Crippen LogP contribution >= 0.6 is 0 Å². The molecule has 0 spiro atoms. The molecule has 3 rings (SSSR count). The van der Waals surface area contributed by atoms with Gasteiger partial charge < -0.3 is 5.32 Å². The summed E-state index contributed by atoms with van der Waals surface area (Å²) in [5.41, 5.74) is 0.610. The van der Waals surface area contributed by atoms with E-state index in [1.54, 1.807) is 28.8 Å². The van der Waals surface area contributed by atoms with Crippen molar-refractivity contribution in [3.05, 3.63) is 23.8 Å². The van der Waals surface area contributed by atoms with E-state index in [1.807, 2.05) is 7.05 Å². The second-order valence-electron chi connectivity index (χ2n) is 6.43. The quantitative estimate of drug-likeness (QED) is 0.837. The molecule has 1 atom stereocenters. The molecule has 9 heteroatoms. The van der Waals surface area contributed by atoms with Gasteiger partial charge in [0.05, 0.1) is 17.8 Å². The highest BCUT2D eigenvalue weighted by molar-refractivity contribution is 5.93. The van der Waals surface area contributed by atoms with Gasteiger partial charge in [-0.25, -0.2) is 4.68 Å². The van der Waals surface area contributed by atoms with Gasteiger partial charge in [-0.1, -0.05) is 0 Å². The number of nitrogens with zero attached hydrogens (tertiary/aromatic N) is 7.